The summed E-state index contributed by atoms with van der Waals surface area (Å²) in [5.74, 6) is 0.506. The third-order valence-electron chi connectivity index (χ3n) is 4.58. The Hall–Kier alpha value is -2.82. The molecule has 5 heteroatoms. The van der Waals surface area contributed by atoms with E-state index < -0.39 is 0 Å². The molecule has 0 N–H and O–H groups in total. The Morgan fingerprint density at radius 2 is 1.87 bits per heavy atom. The van der Waals surface area contributed by atoms with E-state index in [2.05, 4.69) is 6.58 Å². The quantitative estimate of drug-likeness (QED) is 0.165. The van der Waals surface area contributed by atoms with Crippen LogP contribution in [-0.4, -0.2) is 35.1 Å². The molecule has 164 valence electrons. The Kier molecular flexibility index (Phi) is 11.9. The third-order valence-corrected chi connectivity index (χ3v) is 4.58. The van der Waals surface area contributed by atoms with Gasteiger partial charge in [0.05, 0.1) is 29.5 Å². The van der Waals surface area contributed by atoms with Crippen molar-refractivity contribution < 1.29 is 13.9 Å². The van der Waals surface area contributed by atoms with Gasteiger partial charge in [-0.05, 0) is 57.0 Å². The fraction of sp³-hybridized carbons (Fsp3) is 0.400. The number of hydrogen-bond acceptors (Lipinski definition) is 2. The van der Waals surface area contributed by atoms with E-state index in [9.17, 15) is 9.18 Å². The highest BCUT2D eigenvalue weighted by Crippen LogP contribution is 2.18. The fourth-order valence-corrected chi connectivity index (χ4v) is 2.87. The summed E-state index contributed by atoms with van der Waals surface area (Å²) in [6.45, 7) is 13.1. The Balaban J connectivity index is 2.82. The Morgan fingerprint density at radius 1 is 1.17 bits per heavy atom. The lowest BCUT2D eigenvalue weighted by Crippen LogP contribution is -2.33. The molecule has 0 radical (unpaired) electrons. The van der Waals surface area contributed by atoms with Gasteiger partial charge in [-0.1, -0.05) is 32.6 Å². The van der Waals surface area contributed by atoms with Crippen molar-refractivity contribution >= 4 is 11.6 Å². The van der Waals surface area contributed by atoms with Gasteiger partial charge in [0.1, 0.15) is 0 Å². The fourth-order valence-electron chi connectivity index (χ4n) is 2.87. The van der Waals surface area contributed by atoms with Gasteiger partial charge in [-0.3, -0.25) is 4.79 Å². The van der Waals surface area contributed by atoms with Crippen LogP contribution in [0.4, 0.5) is 4.39 Å². The molecule has 1 aromatic heterocycles. The van der Waals surface area contributed by atoms with Crippen molar-refractivity contribution in [1.29, 1.82) is 0 Å². The molecule has 30 heavy (non-hydrogen) atoms. The summed E-state index contributed by atoms with van der Waals surface area (Å²) in [5.41, 5.74) is 1.35. The van der Waals surface area contributed by atoms with Crippen molar-refractivity contribution in [3.05, 3.63) is 78.6 Å². The van der Waals surface area contributed by atoms with E-state index in [-0.39, 0.29) is 11.7 Å². The van der Waals surface area contributed by atoms with Gasteiger partial charge in [0.2, 0.25) is 0 Å². The number of nitrogens with zero attached hydrogens (tertiary/aromatic N) is 2. The SMILES string of the molecule is C=C/C(C(=O)N(CC)CCCO/C(=C/C=C(/F)CC)CC)=C(\C=C/C)n1cccc1. The first-order chi connectivity index (χ1) is 14.5. The van der Waals surface area contributed by atoms with Crippen LogP contribution in [0.5, 0.6) is 0 Å². The largest absolute Gasteiger partial charge is 0.498 e. The van der Waals surface area contributed by atoms with Gasteiger partial charge in [-0.15, -0.1) is 0 Å². The first-order valence-electron chi connectivity index (χ1n) is 10.6. The molecule has 1 rings (SSSR count). The number of aromatic nitrogens is 1. The monoisotopic (exact) mass is 414 g/mol. The zero-order valence-corrected chi connectivity index (χ0v) is 18.7. The smallest absolute Gasteiger partial charge is 0.255 e. The lowest BCUT2D eigenvalue weighted by atomic mass is 10.1. The minimum Gasteiger partial charge on any atom is -0.498 e. The molecule has 0 saturated heterocycles. The van der Waals surface area contributed by atoms with Crippen LogP contribution in [0.2, 0.25) is 0 Å². The van der Waals surface area contributed by atoms with E-state index in [4.69, 9.17) is 4.74 Å². The van der Waals surface area contributed by atoms with Crippen LogP contribution in [0.3, 0.4) is 0 Å². The van der Waals surface area contributed by atoms with E-state index in [0.29, 0.717) is 44.5 Å². The van der Waals surface area contributed by atoms with Crippen molar-refractivity contribution in [3.63, 3.8) is 0 Å². The lowest BCUT2D eigenvalue weighted by Gasteiger charge is -2.23. The summed E-state index contributed by atoms with van der Waals surface area (Å²) in [7, 11) is 0. The van der Waals surface area contributed by atoms with E-state index >= 15 is 0 Å². The van der Waals surface area contributed by atoms with Gasteiger partial charge in [-0.25, -0.2) is 4.39 Å². The lowest BCUT2D eigenvalue weighted by molar-refractivity contribution is -0.126. The number of rotatable bonds is 13. The molecule has 1 aromatic rings. The van der Waals surface area contributed by atoms with Gasteiger partial charge in [-0.2, -0.15) is 0 Å². The van der Waals surface area contributed by atoms with E-state index in [1.807, 2.05) is 62.0 Å². The second kappa shape index (κ2) is 14.2. The molecule has 0 aliphatic carbocycles. The molecule has 1 amide bonds. The molecule has 0 unspecified atom stereocenters. The van der Waals surface area contributed by atoms with Crippen molar-refractivity contribution in [1.82, 2.24) is 9.47 Å². The number of ether oxygens (including phenoxy) is 1. The molecule has 0 aromatic carbocycles. The number of amides is 1. The molecule has 0 spiro atoms. The number of allylic oxidation sites excluding steroid dienone is 7. The van der Waals surface area contributed by atoms with Crippen LogP contribution in [0.25, 0.3) is 5.70 Å². The molecule has 0 saturated carbocycles. The zero-order chi connectivity index (χ0) is 22.4. The van der Waals surface area contributed by atoms with Gasteiger partial charge in [0.15, 0.2) is 0 Å². The standard InChI is InChI=1S/C25H35FN2O2/c1-6-14-24(28-17-11-12-18-28)23(9-4)25(29)27(10-5)19-13-20-30-22(8-3)16-15-21(26)7-2/h6,9,11-12,14-18H,4,7-8,10,13,19-20H2,1-3,5H3/b14-6-,21-15+,22-16+,24-23-. The summed E-state index contributed by atoms with van der Waals surface area (Å²) < 4.78 is 21.0. The first kappa shape index (κ1) is 25.2. The number of halogens is 1. The van der Waals surface area contributed by atoms with Gasteiger partial charge in [0.25, 0.3) is 5.91 Å². The minimum absolute atomic E-state index is 0.0616. The highest BCUT2D eigenvalue weighted by atomic mass is 19.1. The van der Waals surface area contributed by atoms with Crippen molar-refractivity contribution in [2.45, 2.75) is 47.0 Å². The molecule has 0 fully saturated rings. The van der Waals surface area contributed by atoms with Crippen molar-refractivity contribution in [3.8, 4) is 0 Å². The van der Waals surface area contributed by atoms with Crippen LogP contribution in [0, 0.1) is 0 Å². The average molecular weight is 415 g/mol. The number of likely N-dealkylation sites (N-methyl/N-ethyl adjacent to an activating group) is 1. The van der Waals surface area contributed by atoms with Gasteiger partial charge < -0.3 is 14.2 Å². The van der Waals surface area contributed by atoms with Gasteiger partial charge in [0, 0.05) is 31.9 Å². The second-order valence-corrected chi connectivity index (χ2v) is 6.63. The predicted molar refractivity (Wildman–Crippen MR) is 123 cm³/mol. The number of carbonyl (C=O) groups excluding carboxylic acids is 1. The summed E-state index contributed by atoms with van der Waals surface area (Å²) in [6, 6.07) is 3.84. The molecule has 4 nitrogen and oxygen atoms in total. The first-order valence-corrected chi connectivity index (χ1v) is 10.6. The summed E-state index contributed by atoms with van der Waals surface area (Å²) in [6.07, 6.45) is 14.1. The zero-order valence-electron chi connectivity index (χ0n) is 18.7. The normalized spacial score (nSPS) is 13.4. The molecular formula is C25H35FN2O2. The summed E-state index contributed by atoms with van der Waals surface area (Å²) in [4.78, 5) is 15.0. The summed E-state index contributed by atoms with van der Waals surface area (Å²) in [5, 5.41) is 0. The minimum atomic E-state index is -0.171. The van der Waals surface area contributed by atoms with Crippen molar-refractivity contribution in [2.24, 2.45) is 0 Å². The maximum Gasteiger partial charge on any atom is 0.255 e. The van der Waals surface area contributed by atoms with E-state index in [1.165, 1.54) is 6.08 Å². The van der Waals surface area contributed by atoms with Crippen LogP contribution in [-0.2, 0) is 9.53 Å². The molecule has 0 aliphatic rings. The second-order valence-electron chi connectivity index (χ2n) is 6.63. The van der Waals surface area contributed by atoms with Crippen LogP contribution < -0.4 is 0 Å². The molecular weight excluding hydrogens is 379 g/mol. The Bertz CT molecular complexity index is 786. The Morgan fingerprint density at radius 3 is 2.40 bits per heavy atom. The molecule has 1 heterocycles. The van der Waals surface area contributed by atoms with E-state index in [1.54, 1.807) is 24.0 Å². The van der Waals surface area contributed by atoms with Gasteiger partial charge >= 0.3 is 0 Å². The van der Waals surface area contributed by atoms with Crippen LogP contribution in [0.1, 0.15) is 47.0 Å². The topological polar surface area (TPSA) is 34.5 Å². The number of hydrogen-bond donors (Lipinski definition) is 0. The Labute approximate surface area is 180 Å². The number of carbonyl (C=O) groups is 1. The highest BCUT2D eigenvalue weighted by molar-refractivity contribution is 6.02. The summed E-state index contributed by atoms with van der Waals surface area (Å²) >= 11 is 0. The highest BCUT2D eigenvalue weighted by Gasteiger charge is 2.18. The predicted octanol–water partition coefficient (Wildman–Crippen LogP) is 6.27. The van der Waals surface area contributed by atoms with Crippen LogP contribution in [0.15, 0.2) is 78.6 Å². The molecule has 0 atom stereocenters. The van der Waals surface area contributed by atoms with Crippen LogP contribution >= 0.6 is 0 Å². The maximum atomic E-state index is 13.3. The average Bonchev–Trinajstić information content (AvgIpc) is 3.29. The molecule has 0 bridgehead atoms. The van der Waals surface area contributed by atoms with E-state index in [0.717, 1.165) is 11.5 Å². The maximum absolute atomic E-state index is 13.3. The van der Waals surface area contributed by atoms with Crippen molar-refractivity contribution in [2.75, 3.05) is 19.7 Å². The molecule has 0 aliphatic heterocycles. The third kappa shape index (κ3) is 7.90.